The van der Waals surface area contributed by atoms with Crippen LogP contribution in [0.15, 0.2) is 71.6 Å². The van der Waals surface area contributed by atoms with E-state index in [2.05, 4.69) is 4.72 Å². The number of hydrogen-bond acceptors (Lipinski definition) is 7. The third kappa shape index (κ3) is 6.28. The van der Waals surface area contributed by atoms with Crippen molar-refractivity contribution in [3.05, 3.63) is 66.7 Å². The van der Waals surface area contributed by atoms with Gasteiger partial charge in [0, 0.05) is 13.6 Å². The molecule has 0 spiro atoms. The molecule has 10 heteroatoms. The molecule has 1 atom stereocenters. The van der Waals surface area contributed by atoms with Gasteiger partial charge in [-0.25, -0.2) is 13.1 Å². The van der Waals surface area contributed by atoms with Crippen LogP contribution in [0.1, 0.15) is 6.42 Å². The van der Waals surface area contributed by atoms with E-state index in [9.17, 15) is 18.0 Å². The Balaban J connectivity index is 1.19. The number of amides is 1. The molecule has 0 saturated carbocycles. The van der Waals surface area contributed by atoms with Crippen LogP contribution in [-0.4, -0.2) is 64.6 Å². The van der Waals surface area contributed by atoms with Gasteiger partial charge in [-0.1, -0.05) is 42.5 Å². The molecule has 3 aromatic carbocycles. The van der Waals surface area contributed by atoms with Crippen LogP contribution in [0.5, 0.6) is 11.5 Å². The average molecular weight is 499 g/mol. The van der Waals surface area contributed by atoms with Crippen LogP contribution in [-0.2, 0) is 24.3 Å². The SMILES string of the molecule is CN(C[C@H]1COc2ccccc2O1)C(=O)COC(=O)CCNS(=O)(=O)c1ccc2ccccc2c1. The first kappa shape index (κ1) is 24.5. The molecule has 0 unspecified atom stereocenters. The number of carbonyl (C=O) groups excluding carboxylic acids is 2. The molecule has 0 aromatic heterocycles. The van der Waals surface area contributed by atoms with Crippen LogP contribution in [0.3, 0.4) is 0 Å². The van der Waals surface area contributed by atoms with Crippen LogP contribution >= 0.6 is 0 Å². The highest BCUT2D eigenvalue weighted by molar-refractivity contribution is 7.89. The minimum absolute atomic E-state index is 0.109. The van der Waals surface area contributed by atoms with Gasteiger partial charge in [0.05, 0.1) is 17.9 Å². The zero-order valence-corrected chi connectivity index (χ0v) is 20.0. The fourth-order valence-corrected chi connectivity index (χ4v) is 4.66. The number of esters is 1. The lowest BCUT2D eigenvalue weighted by molar-refractivity contribution is -0.151. The lowest BCUT2D eigenvalue weighted by atomic mass is 10.1. The van der Waals surface area contributed by atoms with Gasteiger partial charge in [-0.2, -0.15) is 0 Å². The molecule has 0 saturated heterocycles. The van der Waals surface area contributed by atoms with Gasteiger partial charge in [0.2, 0.25) is 10.0 Å². The van der Waals surface area contributed by atoms with Crippen molar-refractivity contribution in [2.24, 2.45) is 0 Å². The molecule has 1 aliphatic heterocycles. The van der Waals surface area contributed by atoms with E-state index < -0.39 is 28.5 Å². The zero-order valence-electron chi connectivity index (χ0n) is 19.2. The van der Waals surface area contributed by atoms with Crippen LogP contribution in [0.25, 0.3) is 10.8 Å². The van der Waals surface area contributed by atoms with Crippen LogP contribution in [0, 0.1) is 0 Å². The summed E-state index contributed by atoms with van der Waals surface area (Å²) in [6.45, 7) is -0.0380. The quantitative estimate of drug-likeness (QED) is 0.451. The molecule has 0 aliphatic carbocycles. The summed E-state index contributed by atoms with van der Waals surface area (Å²) in [5.74, 6) is 0.182. The topological polar surface area (TPSA) is 111 Å². The number of hydrogen-bond donors (Lipinski definition) is 1. The standard InChI is InChI=1S/C25H26N2O7S/c1-27(15-20-16-32-22-8-4-5-9-23(22)34-20)24(28)17-33-25(29)12-13-26-35(30,31)21-11-10-18-6-2-3-7-19(18)14-21/h2-11,14,20,26H,12-13,15-17H2,1H3/t20-/m0/s1. The van der Waals surface area contributed by atoms with E-state index in [0.717, 1.165) is 10.8 Å². The molecule has 1 heterocycles. The molecular weight excluding hydrogens is 472 g/mol. The number of fused-ring (bicyclic) bond motifs is 2. The highest BCUT2D eigenvalue weighted by Gasteiger charge is 2.24. The van der Waals surface area contributed by atoms with E-state index in [0.29, 0.717) is 18.1 Å². The molecule has 0 fully saturated rings. The smallest absolute Gasteiger partial charge is 0.307 e. The lowest BCUT2D eigenvalue weighted by Gasteiger charge is -2.29. The molecular formula is C25H26N2O7S. The van der Waals surface area contributed by atoms with Crippen molar-refractivity contribution in [1.82, 2.24) is 9.62 Å². The van der Waals surface area contributed by atoms with Crippen molar-refractivity contribution in [2.45, 2.75) is 17.4 Å². The molecule has 35 heavy (non-hydrogen) atoms. The molecule has 4 rings (SSSR count). The Hall–Kier alpha value is -3.63. The number of likely N-dealkylation sites (N-methyl/N-ethyl adjacent to an activating group) is 1. The van der Waals surface area contributed by atoms with Gasteiger partial charge in [-0.15, -0.1) is 0 Å². The molecule has 0 bridgehead atoms. The number of carbonyl (C=O) groups is 2. The fourth-order valence-electron chi connectivity index (χ4n) is 3.59. The number of sulfonamides is 1. The maximum atomic E-state index is 12.5. The van der Waals surface area contributed by atoms with Crippen molar-refractivity contribution in [2.75, 3.05) is 33.4 Å². The summed E-state index contributed by atoms with van der Waals surface area (Å²) in [7, 11) is -2.21. The maximum absolute atomic E-state index is 12.5. The summed E-state index contributed by atoms with van der Waals surface area (Å²) in [5.41, 5.74) is 0. The van der Waals surface area contributed by atoms with Gasteiger partial charge < -0.3 is 19.1 Å². The first-order valence-corrected chi connectivity index (χ1v) is 12.6. The molecule has 1 N–H and O–H groups in total. The number of nitrogens with zero attached hydrogens (tertiary/aromatic N) is 1. The van der Waals surface area contributed by atoms with Gasteiger partial charge in [-0.3, -0.25) is 9.59 Å². The van der Waals surface area contributed by atoms with Crippen molar-refractivity contribution in [3.63, 3.8) is 0 Å². The van der Waals surface area contributed by atoms with E-state index >= 15 is 0 Å². The second-order valence-electron chi connectivity index (χ2n) is 8.09. The zero-order chi connectivity index (χ0) is 24.8. The second kappa shape index (κ2) is 10.7. The Morgan fingerprint density at radius 3 is 2.54 bits per heavy atom. The van der Waals surface area contributed by atoms with Gasteiger partial charge in [0.25, 0.3) is 5.91 Å². The largest absolute Gasteiger partial charge is 0.486 e. The molecule has 184 valence electrons. The van der Waals surface area contributed by atoms with Crippen LogP contribution < -0.4 is 14.2 Å². The Labute approximate surface area is 203 Å². The maximum Gasteiger partial charge on any atom is 0.307 e. The predicted molar refractivity (Wildman–Crippen MR) is 129 cm³/mol. The highest BCUT2D eigenvalue weighted by atomic mass is 32.2. The molecule has 0 radical (unpaired) electrons. The lowest BCUT2D eigenvalue weighted by Crippen LogP contribution is -2.43. The molecule has 1 amide bonds. The predicted octanol–water partition coefficient (Wildman–Crippen LogP) is 2.35. The Kier molecular flexibility index (Phi) is 7.52. The van der Waals surface area contributed by atoms with E-state index in [1.54, 1.807) is 25.2 Å². The molecule has 3 aromatic rings. The first-order valence-electron chi connectivity index (χ1n) is 11.1. The number of ether oxygens (including phenoxy) is 3. The monoisotopic (exact) mass is 498 g/mol. The first-order chi connectivity index (χ1) is 16.8. The van der Waals surface area contributed by atoms with Crippen molar-refractivity contribution >= 4 is 32.7 Å². The summed E-state index contributed by atoms with van der Waals surface area (Å²) in [4.78, 5) is 25.9. The van der Waals surface area contributed by atoms with Crippen molar-refractivity contribution in [1.29, 1.82) is 0 Å². The average Bonchev–Trinajstić information content (AvgIpc) is 2.86. The molecule has 1 aliphatic rings. The van der Waals surface area contributed by atoms with E-state index in [1.165, 1.54) is 11.0 Å². The minimum atomic E-state index is -3.79. The number of rotatable bonds is 9. The number of benzene rings is 3. The fraction of sp³-hybridized carbons (Fsp3) is 0.280. The van der Waals surface area contributed by atoms with E-state index in [4.69, 9.17) is 14.2 Å². The third-order valence-corrected chi connectivity index (χ3v) is 6.94. The summed E-state index contributed by atoms with van der Waals surface area (Å²) >= 11 is 0. The normalized spacial score (nSPS) is 14.9. The Bertz CT molecular complexity index is 1330. The van der Waals surface area contributed by atoms with Gasteiger partial charge in [-0.05, 0) is 35.0 Å². The third-order valence-electron chi connectivity index (χ3n) is 5.48. The summed E-state index contributed by atoms with van der Waals surface area (Å²) in [5, 5.41) is 1.73. The van der Waals surface area contributed by atoms with Crippen LogP contribution in [0.4, 0.5) is 0 Å². The van der Waals surface area contributed by atoms with Gasteiger partial charge in [0.15, 0.2) is 24.2 Å². The molecule has 9 nitrogen and oxygen atoms in total. The Morgan fingerprint density at radius 1 is 1.03 bits per heavy atom. The summed E-state index contributed by atoms with van der Waals surface area (Å²) in [6.07, 6.45) is -0.556. The highest BCUT2D eigenvalue weighted by Crippen LogP contribution is 2.30. The van der Waals surface area contributed by atoms with E-state index in [1.807, 2.05) is 42.5 Å². The Morgan fingerprint density at radius 2 is 1.74 bits per heavy atom. The van der Waals surface area contributed by atoms with Crippen LogP contribution in [0.2, 0.25) is 0 Å². The van der Waals surface area contributed by atoms with E-state index in [-0.39, 0.29) is 30.5 Å². The van der Waals surface area contributed by atoms with Gasteiger partial charge in [0.1, 0.15) is 6.61 Å². The van der Waals surface area contributed by atoms with Crippen molar-refractivity contribution < 1.29 is 32.2 Å². The minimum Gasteiger partial charge on any atom is -0.486 e. The summed E-state index contributed by atoms with van der Waals surface area (Å²) < 4.78 is 43.9. The second-order valence-corrected chi connectivity index (χ2v) is 9.86. The van der Waals surface area contributed by atoms with Crippen molar-refractivity contribution in [3.8, 4) is 11.5 Å². The number of para-hydroxylation sites is 2. The number of nitrogens with one attached hydrogen (secondary N) is 1. The summed E-state index contributed by atoms with van der Waals surface area (Å²) in [6, 6.07) is 19.5. The van der Waals surface area contributed by atoms with Gasteiger partial charge >= 0.3 is 5.97 Å².